The number of hydrogen-bond donors (Lipinski definition) is 0. The third kappa shape index (κ3) is 2.86. The van der Waals surface area contributed by atoms with Crippen LogP contribution in [0.15, 0.2) is 35.7 Å². The van der Waals surface area contributed by atoms with Gasteiger partial charge in [-0.3, -0.25) is 4.79 Å². The van der Waals surface area contributed by atoms with E-state index in [0.29, 0.717) is 5.82 Å². The summed E-state index contributed by atoms with van der Waals surface area (Å²) in [6.45, 7) is -0.107. The number of carbonyl (C=O) groups is 1. The zero-order valence-corrected chi connectivity index (χ0v) is 12.4. The Kier molecular flexibility index (Phi) is 3.92. The van der Waals surface area contributed by atoms with Crippen molar-refractivity contribution < 1.29 is 13.9 Å². The van der Waals surface area contributed by atoms with Crippen molar-refractivity contribution in [1.29, 1.82) is 0 Å². The van der Waals surface area contributed by atoms with Crippen molar-refractivity contribution in [3.05, 3.63) is 47.1 Å². The minimum absolute atomic E-state index is 0.0930. The van der Waals surface area contributed by atoms with E-state index >= 15 is 0 Å². The fraction of sp³-hybridized carbons (Fsp3) is 0.143. The Morgan fingerprint density at radius 3 is 2.95 bits per heavy atom. The van der Waals surface area contributed by atoms with Gasteiger partial charge in [0.2, 0.25) is 5.82 Å². The van der Waals surface area contributed by atoms with E-state index in [9.17, 15) is 9.18 Å². The Hall–Kier alpha value is -2.61. The molecule has 0 radical (unpaired) electrons. The van der Waals surface area contributed by atoms with Gasteiger partial charge in [0.05, 0.1) is 12.0 Å². The molecule has 2 heterocycles. The molecule has 0 N–H and O–H groups in total. The van der Waals surface area contributed by atoms with Crippen LogP contribution in [0.2, 0.25) is 0 Å². The van der Waals surface area contributed by atoms with E-state index in [1.54, 1.807) is 0 Å². The molecule has 0 aliphatic carbocycles. The summed E-state index contributed by atoms with van der Waals surface area (Å²) in [5.74, 6) is -0.338. The normalized spacial score (nSPS) is 10.6. The van der Waals surface area contributed by atoms with Crippen molar-refractivity contribution >= 4 is 17.1 Å². The fourth-order valence-electron chi connectivity index (χ4n) is 1.87. The molecule has 0 spiro atoms. The Morgan fingerprint density at radius 1 is 1.41 bits per heavy atom. The minimum atomic E-state index is -0.584. The number of carbonyl (C=O) groups excluding carboxylic acids is 1. The molecule has 3 rings (SSSR count). The lowest BCUT2D eigenvalue weighted by atomic mass is 10.1. The molecule has 0 saturated carbocycles. The van der Waals surface area contributed by atoms with E-state index < -0.39 is 5.82 Å². The maximum absolute atomic E-state index is 13.6. The van der Waals surface area contributed by atoms with Gasteiger partial charge in [-0.25, -0.2) is 4.39 Å². The summed E-state index contributed by atoms with van der Waals surface area (Å²) >= 11 is 1.48. The van der Waals surface area contributed by atoms with Crippen molar-refractivity contribution in [2.24, 2.45) is 0 Å². The van der Waals surface area contributed by atoms with Crippen LogP contribution in [0.25, 0.3) is 10.7 Å². The van der Waals surface area contributed by atoms with Gasteiger partial charge in [-0.2, -0.15) is 4.80 Å². The van der Waals surface area contributed by atoms with E-state index in [1.807, 2.05) is 17.5 Å². The topological polar surface area (TPSA) is 69.9 Å². The highest BCUT2D eigenvalue weighted by molar-refractivity contribution is 7.13. The molecule has 0 amide bonds. The number of ketones is 1. The van der Waals surface area contributed by atoms with Gasteiger partial charge in [-0.1, -0.05) is 6.07 Å². The van der Waals surface area contributed by atoms with Gasteiger partial charge in [-0.05, 0) is 34.9 Å². The van der Waals surface area contributed by atoms with Crippen molar-refractivity contribution in [1.82, 2.24) is 20.2 Å². The standard InChI is InChI=1S/C14H11FN4O2S/c1-21-12-5-4-9(7-10(12)15)11(20)8-19-17-14(16-18-19)13-3-2-6-22-13/h2-7H,8H2,1H3. The predicted octanol–water partition coefficient (Wildman–Crippen LogP) is 2.43. The van der Waals surface area contributed by atoms with Gasteiger partial charge in [0.1, 0.15) is 6.54 Å². The zero-order chi connectivity index (χ0) is 15.5. The molecule has 8 heteroatoms. The lowest BCUT2D eigenvalue weighted by Gasteiger charge is -2.04. The highest BCUT2D eigenvalue weighted by Crippen LogP contribution is 2.20. The average molecular weight is 318 g/mol. The second kappa shape index (κ2) is 6.02. The number of ether oxygens (including phenoxy) is 1. The molecule has 0 unspecified atom stereocenters. The van der Waals surface area contributed by atoms with Crippen molar-refractivity contribution in [3.63, 3.8) is 0 Å². The Morgan fingerprint density at radius 2 is 2.27 bits per heavy atom. The Labute approximate surface area is 129 Å². The molecule has 0 fully saturated rings. The molecule has 22 heavy (non-hydrogen) atoms. The smallest absolute Gasteiger partial charge is 0.214 e. The number of halogens is 1. The molecule has 1 aromatic carbocycles. The molecular formula is C14H11FN4O2S. The molecular weight excluding hydrogens is 307 g/mol. The number of Topliss-reactive ketones (excluding diaryl/α,β-unsaturated/α-hetero) is 1. The molecule has 0 aliphatic heterocycles. The highest BCUT2D eigenvalue weighted by atomic mass is 32.1. The Bertz CT molecular complexity index is 801. The first-order valence-electron chi connectivity index (χ1n) is 6.36. The molecule has 0 aliphatic rings. The maximum atomic E-state index is 13.6. The second-order valence-electron chi connectivity index (χ2n) is 4.39. The molecule has 3 aromatic rings. The van der Waals surface area contributed by atoms with E-state index in [1.165, 1.54) is 35.4 Å². The quantitative estimate of drug-likeness (QED) is 0.676. The third-order valence-electron chi connectivity index (χ3n) is 2.95. The van der Waals surface area contributed by atoms with E-state index in [4.69, 9.17) is 4.74 Å². The number of methoxy groups -OCH3 is 1. The number of nitrogens with zero attached hydrogens (tertiary/aromatic N) is 4. The Balaban J connectivity index is 1.76. The van der Waals surface area contributed by atoms with Crippen LogP contribution in [0.4, 0.5) is 4.39 Å². The lowest BCUT2D eigenvalue weighted by Crippen LogP contribution is -2.13. The largest absolute Gasteiger partial charge is 0.494 e. The molecule has 0 bridgehead atoms. The van der Waals surface area contributed by atoms with E-state index in [0.717, 1.165) is 10.9 Å². The van der Waals surface area contributed by atoms with Crippen LogP contribution in [0.3, 0.4) is 0 Å². The van der Waals surface area contributed by atoms with Crippen molar-refractivity contribution in [2.45, 2.75) is 6.54 Å². The number of thiophene rings is 1. The SMILES string of the molecule is COc1ccc(C(=O)Cn2nnc(-c3cccs3)n2)cc1F. The second-order valence-corrected chi connectivity index (χ2v) is 5.34. The number of rotatable bonds is 5. The minimum Gasteiger partial charge on any atom is -0.494 e. The van der Waals surface area contributed by atoms with Crippen molar-refractivity contribution in [3.8, 4) is 16.5 Å². The first-order valence-corrected chi connectivity index (χ1v) is 7.24. The summed E-state index contributed by atoms with van der Waals surface area (Å²) in [7, 11) is 1.37. The van der Waals surface area contributed by atoms with Crippen molar-refractivity contribution in [2.75, 3.05) is 7.11 Å². The average Bonchev–Trinajstić information content (AvgIpc) is 3.17. The molecule has 6 nitrogen and oxygen atoms in total. The number of tetrazole rings is 1. The fourth-order valence-corrected chi connectivity index (χ4v) is 2.52. The summed E-state index contributed by atoms with van der Waals surface area (Å²) in [4.78, 5) is 14.2. The number of aromatic nitrogens is 4. The lowest BCUT2D eigenvalue weighted by molar-refractivity contribution is 0.0961. The van der Waals surface area contributed by atoms with Gasteiger partial charge in [0.25, 0.3) is 0 Å². The summed E-state index contributed by atoms with van der Waals surface area (Å²) in [5, 5.41) is 13.8. The maximum Gasteiger partial charge on any atom is 0.214 e. The summed E-state index contributed by atoms with van der Waals surface area (Å²) in [6, 6.07) is 7.80. The van der Waals surface area contributed by atoms with Crippen LogP contribution in [-0.2, 0) is 6.54 Å². The summed E-state index contributed by atoms with van der Waals surface area (Å²) in [5.41, 5.74) is 0.230. The predicted molar refractivity (Wildman–Crippen MR) is 78.4 cm³/mol. The van der Waals surface area contributed by atoms with Gasteiger partial charge >= 0.3 is 0 Å². The molecule has 0 saturated heterocycles. The van der Waals surface area contributed by atoms with E-state index in [-0.39, 0.29) is 23.6 Å². The third-order valence-corrected chi connectivity index (χ3v) is 3.82. The van der Waals surface area contributed by atoms with Gasteiger partial charge in [-0.15, -0.1) is 21.5 Å². The molecule has 0 atom stereocenters. The van der Waals surface area contributed by atoms with Crippen LogP contribution in [0, 0.1) is 5.82 Å². The molecule has 2 aromatic heterocycles. The van der Waals surface area contributed by atoms with Gasteiger partial charge in [0, 0.05) is 5.56 Å². The van der Waals surface area contributed by atoms with Crippen LogP contribution < -0.4 is 4.74 Å². The van der Waals surface area contributed by atoms with E-state index in [2.05, 4.69) is 15.4 Å². The van der Waals surface area contributed by atoms with Crippen LogP contribution in [-0.4, -0.2) is 33.1 Å². The van der Waals surface area contributed by atoms with Gasteiger partial charge in [0.15, 0.2) is 17.3 Å². The first-order chi connectivity index (χ1) is 10.7. The van der Waals surface area contributed by atoms with Crippen LogP contribution >= 0.6 is 11.3 Å². The monoisotopic (exact) mass is 318 g/mol. The number of benzene rings is 1. The van der Waals surface area contributed by atoms with Crippen LogP contribution in [0.5, 0.6) is 5.75 Å². The van der Waals surface area contributed by atoms with Crippen LogP contribution in [0.1, 0.15) is 10.4 Å². The zero-order valence-electron chi connectivity index (χ0n) is 11.6. The summed E-state index contributed by atoms with van der Waals surface area (Å²) in [6.07, 6.45) is 0. The van der Waals surface area contributed by atoms with Gasteiger partial charge < -0.3 is 4.74 Å². The first kappa shape index (κ1) is 14.3. The summed E-state index contributed by atoms with van der Waals surface area (Å²) < 4.78 is 18.4. The molecule has 112 valence electrons. The highest BCUT2D eigenvalue weighted by Gasteiger charge is 2.13. The number of hydrogen-bond acceptors (Lipinski definition) is 6.